The third-order valence-electron chi connectivity index (χ3n) is 2.62. The molecule has 0 saturated heterocycles. The van der Waals surface area contributed by atoms with Crippen molar-refractivity contribution in [3.63, 3.8) is 0 Å². The lowest BCUT2D eigenvalue weighted by Crippen LogP contribution is -2.13. The second-order valence-electron chi connectivity index (χ2n) is 5.40. The molecule has 0 aliphatic rings. The van der Waals surface area contributed by atoms with E-state index in [4.69, 9.17) is 11.6 Å². The molecule has 100 valence electrons. The fourth-order valence-electron chi connectivity index (χ4n) is 1.54. The van der Waals surface area contributed by atoms with Gasteiger partial charge in [0.1, 0.15) is 0 Å². The molecule has 0 aliphatic heterocycles. The van der Waals surface area contributed by atoms with Gasteiger partial charge in [-0.25, -0.2) is 0 Å². The van der Waals surface area contributed by atoms with Crippen LogP contribution in [0.25, 0.3) is 0 Å². The Morgan fingerprint density at radius 1 is 1.17 bits per heavy atom. The van der Waals surface area contributed by atoms with Gasteiger partial charge in [-0.15, -0.1) is 0 Å². The fourth-order valence-corrected chi connectivity index (χ4v) is 1.69. The van der Waals surface area contributed by atoms with Crippen molar-refractivity contribution in [2.75, 3.05) is 0 Å². The highest BCUT2D eigenvalue weighted by Crippen LogP contribution is 2.32. The molecule has 0 aliphatic carbocycles. The normalized spacial score (nSPS) is 14.7. The van der Waals surface area contributed by atoms with Gasteiger partial charge in [-0.05, 0) is 42.9 Å². The van der Waals surface area contributed by atoms with Crippen molar-refractivity contribution in [2.45, 2.75) is 41.5 Å². The molecule has 0 bridgehead atoms. The molecule has 2 heteroatoms. The minimum absolute atomic E-state index is 0.0170. The van der Waals surface area contributed by atoms with Crippen LogP contribution in [0.2, 0.25) is 0 Å². The third-order valence-corrected chi connectivity index (χ3v) is 3.07. The Morgan fingerprint density at radius 3 is 2.00 bits per heavy atom. The van der Waals surface area contributed by atoms with Crippen molar-refractivity contribution in [3.05, 3.63) is 46.7 Å². The van der Waals surface area contributed by atoms with E-state index in [1.807, 2.05) is 33.1 Å². The Balaban J connectivity index is 5.70. The zero-order chi connectivity index (χ0) is 14.5. The predicted octanol–water partition coefficient (Wildman–Crippen LogP) is 5.65. The Labute approximate surface area is 117 Å². The van der Waals surface area contributed by atoms with Crippen LogP contribution in [0.1, 0.15) is 41.5 Å². The van der Waals surface area contributed by atoms with Crippen LogP contribution in [0.5, 0.6) is 0 Å². The van der Waals surface area contributed by atoms with E-state index in [0.717, 1.165) is 22.4 Å². The van der Waals surface area contributed by atoms with E-state index < -0.39 is 0 Å². The standard InChI is InChI=1S/C16H24ClN/c1-9-15(17)13(5)12(4)14(16(6,7)8)10-18-11(2)3/h9-10H,2,5H2,1,3-4,6-8H3/b14-12-,15-9+,18-10-. The van der Waals surface area contributed by atoms with Crippen molar-refractivity contribution in [1.29, 1.82) is 0 Å². The maximum absolute atomic E-state index is 6.13. The van der Waals surface area contributed by atoms with Gasteiger partial charge in [0, 0.05) is 16.9 Å². The molecule has 0 aromatic carbocycles. The number of aliphatic imine (C=N–C) groups is 1. The van der Waals surface area contributed by atoms with Crippen molar-refractivity contribution >= 4 is 17.8 Å². The molecule has 0 spiro atoms. The molecule has 0 aromatic rings. The van der Waals surface area contributed by atoms with Gasteiger partial charge in [-0.2, -0.15) is 0 Å². The van der Waals surface area contributed by atoms with Crippen molar-refractivity contribution in [3.8, 4) is 0 Å². The highest BCUT2D eigenvalue weighted by molar-refractivity contribution is 6.32. The molecule has 1 nitrogen and oxygen atoms in total. The number of allylic oxidation sites excluding steroid dienone is 6. The largest absolute Gasteiger partial charge is 0.262 e. The van der Waals surface area contributed by atoms with Crippen LogP contribution in [-0.4, -0.2) is 6.21 Å². The quantitative estimate of drug-likeness (QED) is 0.460. The van der Waals surface area contributed by atoms with Crippen molar-refractivity contribution < 1.29 is 0 Å². The van der Waals surface area contributed by atoms with E-state index in [9.17, 15) is 0 Å². The summed E-state index contributed by atoms with van der Waals surface area (Å²) >= 11 is 6.13. The van der Waals surface area contributed by atoms with Gasteiger partial charge < -0.3 is 0 Å². The summed E-state index contributed by atoms with van der Waals surface area (Å²) < 4.78 is 0. The van der Waals surface area contributed by atoms with Crippen LogP contribution in [0, 0.1) is 5.41 Å². The summed E-state index contributed by atoms with van der Waals surface area (Å²) in [6.07, 6.45) is 3.71. The molecule has 0 radical (unpaired) electrons. The number of halogens is 1. The average molecular weight is 266 g/mol. The third kappa shape index (κ3) is 5.05. The van der Waals surface area contributed by atoms with E-state index >= 15 is 0 Å². The van der Waals surface area contributed by atoms with Crippen LogP contribution in [0.15, 0.2) is 51.7 Å². The van der Waals surface area contributed by atoms with E-state index in [1.165, 1.54) is 0 Å². The van der Waals surface area contributed by atoms with Gasteiger partial charge in [-0.1, -0.05) is 51.6 Å². The summed E-state index contributed by atoms with van der Waals surface area (Å²) in [6, 6.07) is 0. The Hall–Kier alpha value is -1.08. The molecule has 0 fully saturated rings. The second kappa shape index (κ2) is 6.75. The van der Waals surface area contributed by atoms with Gasteiger partial charge in [0.2, 0.25) is 0 Å². The number of rotatable bonds is 4. The summed E-state index contributed by atoms with van der Waals surface area (Å²) in [5, 5.41) is 0.679. The van der Waals surface area contributed by atoms with Gasteiger partial charge in [0.25, 0.3) is 0 Å². The number of nitrogens with zero attached hydrogens (tertiary/aromatic N) is 1. The minimum Gasteiger partial charge on any atom is -0.262 e. The van der Waals surface area contributed by atoms with Crippen LogP contribution in [0.3, 0.4) is 0 Å². The first-order valence-corrected chi connectivity index (χ1v) is 6.41. The Kier molecular flexibility index (Phi) is 6.34. The molecule has 0 atom stereocenters. The molecule has 0 aromatic heterocycles. The first kappa shape index (κ1) is 16.9. The van der Waals surface area contributed by atoms with E-state index in [1.54, 1.807) is 0 Å². The van der Waals surface area contributed by atoms with Crippen LogP contribution < -0.4 is 0 Å². The zero-order valence-electron chi connectivity index (χ0n) is 12.4. The van der Waals surface area contributed by atoms with Crippen LogP contribution in [-0.2, 0) is 0 Å². The van der Waals surface area contributed by atoms with Gasteiger partial charge in [0.15, 0.2) is 0 Å². The van der Waals surface area contributed by atoms with Gasteiger partial charge in [0.05, 0.1) is 0 Å². The predicted molar refractivity (Wildman–Crippen MR) is 84.2 cm³/mol. The second-order valence-corrected chi connectivity index (χ2v) is 5.80. The first-order chi connectivity index (χ1) is 8.11. The maximum Gasteiger partial charge on any atom is 0.0432 e. The topological polar surface area (TPSA) is 12.4 Å². The highest BCUT2D eigenvalue weighted by Gasteiger charge is 2.19. The summed E-state index contributed by atoms with van der Waals surface area (Å²) in [7, 11) is 0. The number of hydrogen-bond acceptors (Lipinski definition) is 1. The summed E-state index contributed by atoms with van der Waals surface area (Å²) in [4.78, 5) is 4.30. The maximum atomic E-state index is 6.13. The zero-order valence-corrected chi connectivity index (χ0v) is 13.2. The molecule has 0 heterocycles. The minimum atomic E-state index is -0.0170. The fraction of sp³-hybridized carbons (Fsp3) is 0.438. The molecule has 18 heavy (non-hydrogen) atoms. The summed E-state index contributed by atoms with van der Waals surface area (Å²) in [5.74, 6) is 0. The van der Waals surface area contributed by atoms with E-state index in [2.05, 4.69) is 38.9 Å². The molecular weight excluding hydrogens is 242 g/mol. The highest BCUT2D eigenvalue weighted by atomic mass is 35.5. The molecule has 0 amide bonds. The van der Waals surface area contributed by atoms with E-state index in [0.29, 0.717) is 5.03 Å². The summed E-state index contributed by atoms with van der Waals surface area (Å²) in [6.45, 7) is 20.1. The molecule has 0 rings (SSSR count). The molecular formula is C16H24ClN. The van der Waals surface area contributed by atoms with Crippen molar-refractivity contribution in [1.82, 2.24) is 0 Å². The molecule has 0 N–H and O–H groups in total. The monoisotopic (exact) mass is 265 g/mol. The van der Waals surface area contributed by atoms with Crippen LogP contribution in [0.4, 0.5) is 0 Å². The van der Waals surface area contributed by atoms with E-state index in [-0.39, 0.29) is 5.41 Å². The van der Waals surface area contributed by atoms with Crippen LogP contribution >= 0.6 is 11.6 Å². The lowest BCUT2D eigenvalue weighted by molar-refractivity contribution is 0.522. The average Bonchev–Trinajstić information content (AvgIpc) is 2.24. The SMILES string of the molecule is C=C(C)/N=C\C(=C(/C)C(=C)/C(Cl)=C\C)C(C)(C)C. The lowest BCUT2D eigenvalue weighted by atomic mass is 9.82. The molecule has 0 saturated carbocycles. The first-order valence-electron chi connectivity index (χ1n) is 6.03. The Morgan fingerprint density at radius 2 is 1.67 bits per heavy atom. The number of hydrogen-bond donors (Lipinski definition) is 0. The van der Waals surface area contributed by atoms with Gasteiger partial charge in [-0.3, -0.25) is 4.99 Å². The lowest BCUT2D eigenvalue weighted by Gasteiger charge is -2.23. The summed E-state index contributed by atoms with van der Waals surface area (Å²) in [5.41, 5.74) is 3.80. The smallest absolute Gasteiger partial charge is 0.0432 e. The van der Waals surface area contributed by atoms with Gasteiger partial charge >= 0.3 is 0 Å². The Bertz CT molecular complexity index is 429. The molecule has 0 unspecified atom stereocenters. The van der Waals surface area contributed by atoms with Crippen molar-refractivity contribution in [2.24, 2.45) is 10.4 Å².